The number of carbonyl (C=O) groups is 1. The summed E-state index contributed by atoms with van der Waals surface area (Å²) >= 11 is 0. The van der Waals surface area contributed by atoms with E-state index in [9.17, 15) is 13.6 Å². The Balaban J connectivity index is 2.49. The van der Waals surface area contributed by atoms with Gasteiger partial charge < -0.3 is 14.6 Å². The first-order valence-electron chi connectivity index (χ1n) is 5.42. The molecule has 0 radical (unpaired) electrons. The van der Waals surface area contributed by atoms with Gasteiger partial charge in [0.15, 0.2) is 17.3 Å². The molecular formula is C13H9F2NO4. The molecule has 0 aliphatic rings. The Bertz CT molecular complexity index is 661. The van der Waals surface area contributed by atoms with Crippen molar-refractivity contribution in [3.05, 3.63) is 47.7 Å². The highest BCUT2D eigenvalue weighted by Crippen LogP contribution is 2.35. The molecule has 0 aliphatic carbocycles. The lowest BCUT2D eigenvalue weighted by Gasteiger charge is -2.12. The molecule has 0 fully saturated rings. The fraction of sp³-hybridized carbons (Fsp3) is 0.0769. The van der Waals surface area contributed by atoms with Crippen molar-refractivity contribution in [1.29, 1.82) is 0 Å². The van der Waals surface area contributed by atoms with Crippen molar-refractivity contribution in [1.82, 2.24) is 4.98 Å². The van der Waals surface area contributed by atoms with Crippen LogP contribution in [0.3, 0.4) is 0 Å². The summed E-state index contributed by atoms with van der Waals surface area (Å²) in [6.07, 6.45) is 0.758. The van der Waals surface area contributed by atoms with Crippen molar-refractivity contribution in [2.45, 2.75) is 0 Å². The smallest absolute Gasteiger partial charge is 0.339 e. The minimum atomic E-state index is -1.28. The van der Waals surface area contributed by atoms with Gasteiger partial charge in [-0.25, -0.2) is 18.6 Å². The van der Waals surface area contributed by atoms with E-state index in [0.29, 0.717) is 6.07 Å². The van der Waals surface area contributed by atoms with Gasteiger partial charge in [0.1, 0.15) is 11.4 Å². The van der Waals surface area contributed by atoms with Crippen LogP contribution in [0.2, 0.25) is 0 Å². The van der Waals surface area contributed by atoms with Crippen molar-refractivity contribution >= 4 is 5.97 Å². The minimum Gasteiger partial charge on any atom is -0.493 e. The molecule has 1 N–H and O–H groups in total. The summed E-state index contributed by atoms with van der Waals surface area (Å²) in [7, 11) is 1.31. The number of carboxylic acids is 1. The van der Waals surface area contributed by atoms with Crippen LogP contribution in [0, 0.1) is 11.6 Å². The average molecular weight is 281 g/mol. The number of hydrogen-bond acceptors (Lipinski definition) is 4. The van der Waals surface area contributed by atoms with Crippen LogP contribution >= 0.6 is 0 Å². The molecule has 104 valence electrons. The Kier molecular flexibility index (Phi) is 3.79. The summed E-state index contributed by atoms with van der Waals surface area (Å²) in [5.41, 5.74) is -0.227. The maximum atomic E-state index is 13.5. The molecule has 2 aromatic rings. The average Bonchev–Trinajstić information content (AvgIpc) is 2.41. The second-order valence-corrected chi connectivity index (χ2v) is 3.68. The topological polar surface area (TPSA) is 68.7 Å². The predicted molar refractivity (Wildman–Crippen MR) is 64.2 cm³/mol. The number of ether oxygens (including phenoxy) is 2. The van der Waals surface area contributed by atoms with Crippen LogP contribution in [0.25, 0.3) is 0 Å². The van der Waals surface area contributed by atoms with Gasteiger partial charge in [-0.2, -0.15) is 0 Å². The van der Waals surface area contributed by atoms with E-state index >= 15 is 0 Å². The number of methoxy groups -OCH3 is 1. The number of rotatable bonds is 4. The number of carboxylic acid groups (broad SMARTS) is 1. The second-order valence-electron chi connectivity index (χ2n) is 3.68. The Hall–Kier alpha value is -2.70. The highest BCUT2D eigenvalue weighted by molar-refractivity contribution is 5.92. The molecule has 0 bridgehead atoms. The highest BCUT2D eigenvalue weighted by atomic mass is 19.1. The number of hydrogen-bond donors (Lipinski definition) is 1. The Labute approximate surface area is 112 Å². The molecule has 7 heteroatoms. The van der Waals surface area contributed by atoms with Crippen LogP contribution < -0.4 is 9.47 Å². The number of benzene rings is 1. The zero-order valence-electron chi connectivity index (χ0n) is 10.3. The van der Waals surface area contributed by atoms with Gasteiger partial charge in [0.2, 0.25) is 0 Å². The zero-order valence-corrected chi connectivity index (χ0v) is 10.3. The predicted octanol–water partition coefficient (Wildman–Crippen LogP) is 2.86. The first kappa shape index (κ1) is 13.7. The van der Waals surface area contributed by atoms with Crippen molar-refractivity contribution in [2.24, 2.45) is 0 Å². The van der Waals surface area contributed by atoms with Crippen LogP contribution in [-0.2, 0) is 0 Å². The quantitative estimate of drug-likeness (QED) is 0.933. The number of pyridine rings is 1. The van der Waals surface area contributed by atoms with Gasteiger partial charge in [-0.15, -0.1) is 0 Å². The second kappa shape index (κ2) is 5.52. The summed E-state index contributed by atoms with van der Waals surface area (Å²) in [5, 5.41) is 9.07. The third-order valence-electron chi connectivity index (χ3n) is 2.40. The Morgan fingerprint density at radius 2 is 2.10 bits per heavy atom. The van der Waals surface area contributed by atoms with Crippen LogP contribution in [0.5, 0.6) is 17.4 Å². The Morgan fingerprint density at radius 3 is 2.70 bits per heavy atom. The van der Waals surface area contributed by atoms with Crippen molar-refractivity contribution in [2.75, 3.05) is 7.11 Å². The maximum absolute atomic E-state index is 13.5. The summed E-state index contributed by atoms with van der Waals surface area (Å²) in [5.74, 6) is -3.85. The zero-order chi connectivity index (χ0) is 14.7. The number of halogens is 2. The molecule has 5 nitrogen and oxygen atoms in total. The number of nitrogens with zero attached hydrogens (tertiary/aromatic N) is 1. The number of para-hydroxylation sites is 1. The molecule has 0 spiro atoms. The van der Waals surface area contributed by atoms with E-state index in [1.165, 1.54) is 25.3 Å². The monoisotopic (exact) mass is 281 g/mol. The van der Waals surface area contributed by atoms with Gasteiger partial charge in [0.05, 0.1) is 13.3 Å². The molecule has 2 rings (SSSR count). The van der Waals surface area contributed by atoms with E-state index in [1.54, 1.807) is 0 Å². The van der Waals surface area contributed by atoms with E-state index in [-0.39, 0.29) is 17.1 Å². The third kappa shape index (κ3) is 2.66. The molecule has 0 aliphatic heterocycles. The molecule has 0 saturated carbocycles. The molecule has 1 heterocycles. The molecule has 1 aromatic carbocycles. The lowest BCUT2D eigenvalue weighted by atomic mass is 10.2. The molecule has 0 amide bonds. The molecule has 0 unspecified atom stereocenters. The van der Waals surface area contributed by atoms with Crippen LogP contribution in [0.1, 0.15) is 10.4 Å². The maximum Gasteiger partial charge on any atom is 0.339 e. The van der Waals surface area contributed by atoms with Gasteiger partial charge in [0.25, 0.3) is 5.88 Å². The van der Waals surface area contributed by atoms with Crippen LogP contribution in [0.15, 0.2) is 30.5 Å². The van der Waals surface area contributed by atoms with Crippen LogP contribution in [-0.4, -0.2) is 23.2 Å². The van der Waals surface area contributed by atoms with Gasteiger partial charge in [-0.3, -0.25) is 0 Å². The largest absolute Gasteiger partial charge is 0.493 e. The summed E-state index contributed by atoms with van der Waals surface area (Å²) in [6, 6.07) is 4.74. The standard InChI is InChI=1S/C13H9F2NO4/c1-19-10-4-2-3-8(13(17)18)11(10)20-12-9(15)5-7(14)6-16-12/h2-6H,1H3,(H,17,18). The van der Waals surface area contributed by atoms with Crippen LogP contribution in [0.4, 0.5) is 8.78 Å². The molecule has 1 aromatic heterocycles. The Morgan fingerprint density at radius 1 is 1.35 bits per heavy atom. The van der Waals surface area contributed by atoms with Gasteiger partial charge in [-0.05, 0) is 12.1 Å². The molecular weight excluding hydrogens is 272 g/mol. The van der Waals surface area contributed by atoms with E-state index < -0.39 is 23.5 Å². The fourth-order valence-corrected chi connectivity index (χ4v) is 1.52. The van der Waals surface area contributed by atoms with Crippen molar-refractivity contribution < 1.29 is 28.2 Å². The van der Waals surface area contributed by atoms with Crippen molar-refractivity contribution in [3.63, 3.8) is 0 Å². The molecule has 0 saturated heterocycles. The third-order valence-corrected chi connectivity index (χ3v) is 2.40. The molecule has 0 atom stereocenters. The summed E-state index contributed by atoms with van der Waals surface area (Å²) in [4.78, 5) is 14.5. The van der Waals surface area contributed by atoms with Gasteiger partial charge in [-0.1, -0.05) is 6.07 Å². The van der Waals surface area contributed by atoms with E-state index in [1.807, 2.05) is 0 Å². The summed E-state index contributed by atoms with van der Waals surface area (Å²) in [6.45, 7) is 0. The SMILES string of the molecule is COc1cccc(C(=O)O)c1Oc1ncc(F)cc1F. The number of aromatic carboxylic acids is 1. The first-order chi connectivity index (χ1) is 9.52. The van der Waals surface area contributed by atoms with E-state index in [0.717, 1.165) is 6.20 Å². The van der Waals surface area contributed by atoms with E-state index in [4.69, 9.17) is 14.6 Å². The highest BCUT2D eigenvalue weighted by Gasteiger charge is 2.19. The minimum absolute atomic E-state index is 0.0930. The van der Waals surface area contributed by atoms with Gasteiger partial charge in [0, 0.05) is 6.07 Å². The van der Waals surface area contributed by atoms with Gasteiger partial charge >= 0.3 is 5.97 Å². The fourth-order valence-electron chi connectivity index (χ4n) is 1.52. The lowest BCUT2D eigenvalue weighted by Crippen LogP contribution is -2.03. The normalized spacial score (nSPS) is 10.2. The first-order valence-corrected chi connectivity index (χ1v) is 5.42. The lowest BCUT2D eigenvalue weighted by molar-refractivity contribution is 0.0693. The van der Waals surface area contributed by atoms with E-state index in [2.05, 4.69) is 4.98 Å². The summed E-state index contributed by atoms with van der Waals surface area (Å²) < 4.78 is 36.3. The molecule has 20 heavy (non-hydrogen) atoms. The van der Waals surface area contributed by atoms with Crippen molar-refractivity contribution in [3.8, 4) is 17.4 Å². The number of aromatic nitrogens is 1.